The van der Waals surface area contributed by atoms with Crippen LogP contribution in [0.2, 0.25) is 0 Å². The summed E-state index contributed by atoms with van der Waals surface area (Å²) in [5, 5.41) is 0. The van der Waals surface area contributed by atoms with Crippen molar-refractivity contribution in [3.63, 3.8) is 0 Å². The SMILES string of the molecule is Cc1ccc2c(c1)CC(N)C=C2. The second kappa shape index (κ2) is 2.76. The number of hydrogen-bond acceptors (Lipinski definition) is 1. The molecule has 1 aromatic rings. The van der Waals surface area contributed by atoms with Crippen molar-refractivity contribution in [2.75, 3.05) is 0 Å². The van der Waals surface area contributed by atoms with Crippen LogP contribution < -0.4 is 5.73 Å². The van der Waals surface area contributed by atoms with Crippen LogP contribution in [0.1, 0.15) is 16.7 Å². The van der Waals surface area contributed by atoms with Crippen molar-refractivity contribution in [2.45, 2.75) is 19.4 Å². The van der Waals surface area contributed by atoms with E-state index in [2.05, 4.69) is 37.3 Å². The maximum atomic E-state index is 5.81. The van der Waals surface area contributed by atoms with Crippen molar-refractivity contribution in [2.24, 2.45) is 5.73 Å². The Morgan fingerprint density at radius 3 is 3.08 bits per heavy atom. The first kappa shape index (κ1) is 7.56. The van der Waals surface area contributed by atoms with Gasteiger partial charge in [0, 0.05) is 6.04 Å². The zero-order valence-corrected chi connectivity index (χ0v) is 7.25. The van der Waals surface area contributed by atoms with Gasteiger partial charge in [0.2, 0.25) is 0 Å². The minimum atomic E-state index is 0.208. The first-order valence-electron chi connectivity index (χ1n) is 4.29. The zero-order chi connectivity index (χ0) is 8.55. The molecule has 0 radical (unpaired) electrons. The van der Waals surface area contributed by atoms with Crippen LogP contribution in [-0.4, -0.2) is 6.04 Å². The van der Waals surface area contributed by atoms with Gasteiger partial charge in [0.05, 0.1) is 0 Å². The highest BCUT2D eigenvalue weighted by molar-refractivity contribution is 5.58. The molecule has 12 heavy (non-hydrogen) atoms. The molecule has 0 amide bonds. The summed E-state index contributed by atoms with van der Waals surface area (Å²) in [5.74, 6) is 0. The van der Waals surface area contributed by atoms with Crippen molar-refractivity contribution in [3.05, 3.63) is 41.0 Å². The summed E-state index contributed by atoms with van der Waals surface area (Å²) in [7, 11) is 0. The van der Waals surface area contributed by atoms with E-state index in [9.17, 15) is 0 Å². The van der Waals surface area contributed by atoms with Crippen LogP contribution in [0.15, 0.2) is 24.3 Å². The summed E-state index contributed by atoms with van der Waals surface area (Å²) >= 11 is 0. The van der Waals surface area contributed by atoms with Crippen LogP contribution in [0.3, 0.4) is 0 Å². The second-order valence-corrected chi connectivity index (χ2v) is 3.43. The molecule has 62 valence electrons. The summed E-state index contributed by atoms with van der Waals surface area (Å²) in [4.78, 5) is 0. The molecule has 0 saturated heterocycles. The van der Waals surface area contributed by atoms with Gasteiger partial charge in [-0.15, -0.1) is 0 Å². The Morgan fingerprint density at radius 1 is 1.42 bits per heavy atom. The van der Waals surface area contributed by atoms with Crippen molar-refractivity contribution < 1.29 is 0 Å². The van der Waals surface area contributed by atoms with Crippen molar-refractivity contribution in [1.29, 1.82) is 0 Å². The topological polar surface area (TPSA) is 26.0 Å². The Balaban J connectivity index is 2.47. The van der Waals surface area contributed by atoms with Gasteiger partial charge in [0.1, 0.15) is 0 Å². The summed E-state index contributed by atoms with van der Waals surface area (Å²) in [6.07, 6.45) is 5.16. The van der Waals surface area contributed by atoms with Crippen LogP contribution in [0.5, 0.6) is 0 Å². The van der Waals surface area contributed by atoms with E-state index >= 15 is 0 Å². The molecule has 0 bridgehead atoms. The smallest absolute Gasteiger partial charge is 0.0268 e. The van der Waals surface area contributed by atoms with Gasteiger partial charge in [-0.3, -0.25) is 0 Å². The highest BCUT2D eigenvalue weighted by atomic mass is 14.6. The summed E-state index contributed by atoms with van der Waals surface area (Å²) < 4.78 is 0. The highest BCUT2D eigenvalue weighted by Crippen LogP contribution is 2.19. The Kier molecular flexibility index (Phi) is 1.74. The monoisotopic (exact) mass is 159 g/mol. The molecule has 1 aliphatic rings. The summed E-state index contributed by atoms with van der Waals surface area (Å²) in [5.41, 5.74) is 9.83. The predicted octanol–water partition coefficient (Wildman–Crippen LogP) is 1.89. The van der Waals surface area contributed by atoms with Crippen molar-refractivity contribution >= 4 is 6.08 Å². The Labute approximate surface area is 72.9 Å². The number of rotatable bonds is 0. The van der Waals surface area contributed by atoms with Crippen LogP contribution >= 0.6 is 0 Å². The first-order chi connectivity index (χ1) is 5.75. The number of hydrogen-bond donors (Lipinski definition) is 1. The molecule has 1 unspecified atom stereocenters. The number of fused-ring (bicyclic) bond motifs is 1. The molecule has 2 rings (SSSR count). The van der Waals surface area contributed by atoms with E-state index in [0.717, 1.165) is 6.42 Å². The zero-order valence-electron chi connectivity index (χ0n) is 7.25. The summed E-state index contributed by atoms with van der Waals surface area (Å²) in [6, 6.07) is 6.73. The normalized spacial score (nSPS) is 20.7. The molecule has 2 N–H and O–H groups in total. The van der Waals surface area contributed by atoms with Crippen LogP contribution in [0.4, 0.5) is 0 Å². The second-order valence-electron chi connectivity index (χ2n) is 3.43. The molecule has 1 aliphatic carbocycles. The Morgan fingerprint density at radius 2 is 2.25 bits per heavy atom. The molecule has 1 nitrogen and oxygen atoms in total. The lowest BCUT2D eigenvalue weighted by Gasteiger charge is -2.15. The van der Waals surface area contributed by atoms with E-state index in [1.165, 1.54) is 16.7 Å². The van der Waals surface area contributed by atoms with E-state index in [1.807, 2.05) is 0 Å². The lowest BCUT2D eigenvalue weighted by molar-refractivity contribution is 0.801. The third kappa shape index (κ3) is 1.28. The summed E-state index contributed by atoms with van der Waals surface area (Å²) in [6.45, 7) is 2.12. The average molecular weight is 159 g/mol. The van der Waals surface area contributed by atoms with Crippen LogP contribution in [0.25, 0.3) is 6.08 Å². The minimum absolute atomic E-state index is 0.208. The third-order valence-corrected chi connectivity index (χ3v) is 2.28. The van der Waals surface area contributed by atoms with Crippen molar-refractivity contribution in [3.8, 4) is 0 Å². The van der Waals surface area contributed by atoms with Gasteiger partial charge in [0.15, 0.2) is 0 Å². The van der Waals surface area contributed by atoms with Crippen molar-refractivity contribution in [1.82, 2.24) is 0 Å². The Hall–Kier alpha value is -1.08. The van der Waals surface area contributed by atoms with Gasteiger partial charge in [-0.2, -0.15) is 0 Å². The molecular weight excluding hydrogens is 146 g/mol. The molecule has 1 aromatic carbocycles. The molecule has 0 heterocycles. The highest BCUT2D eigenvalue weighted by Gasteiger charge is 2.09. The lowest BCUT2D eigenvalue weighted by Crippen LogP contribution is -2.22. The minimum Gasteiger partial charge on any atom is -0.324 e. The molecular formula is C11H13N. The molecule has 0 aromatic heterocycles. The maximum absolute atomic E-state index is 5.81. The fourth-order valence-electron chi connectivity index (χ4n) is 1.62. The van der Waals surface area contributed by atoms with E-state index in [1.54, 1.807) is 0 Å². The van der Waals surface area contributed by atoms with Gasteiger partial charge in [-0.25, -0.2) is 0 Å². The molecule has 0 fully saturated rings. The quantitative estimate of drug-likeness (QED) is 0.614. The average Bonchev–Trinajstić information content (AvgIpc) is 2.03. The molecule has 1 atom stereocenters. The van der Waals surface area contributed by atoms with E-state index < -0.39 is 0 Å². The third-order valence-electron chi connectivity index (χ3n) is 2.28. The van der Waals surface area contributed by atoms with Crippen LogP contribution in [-0.2, 0) is 6.42 Å². The Bertz CT molecular complexity index is 326. The van der Waals surface area contributed by atoms with E-state index in [0.29, 0.717) is 0 Å². The van der Waals surface area contributed by atoms with Gasteiger partial charge in [-0.1, -0.05) is 35.9 Å². The maximum Gasteiger partial charge on any atom is 0.0268 e. The number of nitrogens with two attached hydrogens (primary N) is 1. The molecule has 1 heteroatoms. The lowest BCUT2D eigenvalue weighted by atomic mass is 9.93. The largest absolute Gasteiger partial charge is 0.324 e. The fourth-order valence-corrected chi connectivity index (χ4v) is 1.62. The number of aryl methyl sites for hydroxylation is 1. The van der Waals surface area contributed by atoms with Gasteiger partial charge in [-0.05, 0) is 24.5 Å². The predicted molar refractivity (Wildman–Crippen MR) is 51.9 cm³/mol. The fraction of sp³-hybridized carbons (Fsp3) is 0.273. The standard InChI is InChI=1S/C11H13N/c1-8-2-3-9-4-5-11(12)7-10(9)6-8/h2-6,11H,7,12H2,1H3. The first-order valence-corrected chi connectivity index (χ1v) is 4.29. The van der Waals surface area contributed by atoms with Crippen LogP contribution in [0, 0.1) is 6.92 Å². The molecule has 0 spiro atoms. The van der Waals surface area contributed by atoms with Gasteiger partial charge in [0.25, 0.3) is 0 Å². The molecule has 0 saturated carbocycles. The van der Waals surface area contributed by atoms with Gasteiger partial charge < -0.3 is 5.73 Å². The van der Waals surface area contributed by atoms with Gasteiger partial charge >= 0.3 is 0 Å². The molecule has 0 aliphatic heterocycles. The van der Waals surface area contributed by atoms with E-state index in [4.69, 9.17) is 5.73 Å². The number of benzene rings is 1. The van der Waals surface area contributed by atoms with E-state index in [-0.39, 0.29) is 6.04 Å².